The van der Waals surface area contributed by atoms with Crippen molar-refractivity contribution in [3.05, 3.63) is 24.3 Å². The van der Waals surface area contributed by atoms with Gasteiger partial charge in [-0.15, -0.1) is 0 Å². The van der Waals surface area contributed by atoms with Crippen molar-refractivity contribution in [3.8, 4) is 0 Å². The summed E-state index contributed by atoms with van der Waals surface area (Å²) in [6, 6.07) is -0.974. The normalized spacial score (nSPS) is 28.3. The highest BCUT2D eigenvalue weighted by molar-refractivity contribution is 5.76. The Balaban J connectivity index is 1.42. The van der Waals surface area contributed by atoms with Gasteiger partial charge in [-0.25, -0.2) is 0 Å². The van der Waals surface area contributed by atoms with Crippen LogP contribution >= 0.6 is 0 Å². The lowest BCUT2D eigenvalue weighted by Crippen LogP contribution is -2.66. The van der Waals surface area contributed by atoms with Gasteiger partial charge < -0.3 is 89.9 Å². The molecule has 0 spiro atoms. The van der Waals surface area contributed by atoms with Crippen molar-refractivity contribution in [2.45, 2.75) is 388 Å². The van der Waals surface area contributed by atoms with Crippen LogP contribution in [0.5, 0.6) is 0 Å². The zero-order valence-electron chi connectivity index (χ0n) is 55.4. The van der Waals surface area contributed by atoms with Gasteiger partial charge in [0, 0.05) is 6.42 Å². The Hall–Kier alpha value is -1.73. The Labute approximate surface area is 537 Å². The Morgan fingerprint density at radius 3 is 1.09 bits per heavy atom. The van der Waals surface area contributed by atoms with Crippen molar-refractivity contribution in [2.75, 3.05) is 26.4 Å². The smallest absolute Gasteiger partial charge is 0.220 e. The lowest BCUT2D eigenvalue weighted by molar-refractivity contribution is -0.379. The fraction of sp³-hybridized carbons (Fsp3) is 0.929. The molecule has 3 heterocycles. The molecule has 3 fully saturated rings. The molecule has 0 aromatic heterocycles. The molecule has 17 unspecified atom stereocenters. The molecule has 17 atom stereocenters. The summed E-state index contributed by atoms with van der Waals surface area (Å²) in [6.07, 6.45) is 33.0. The third kappa shape index (κ3) is 34.5. The molecule has 12 N–H and O–H groups in total. The summed E-state index contributed by atoms with van der Waals surface area (Å²) in [4.78, 5) is 13.4. The lowest BCUT2D eigenvalue weighted by Gasteiger charge is -2.48. The van der Waals surface area contributed by atoms with E-state index in [1.807, 2.05) is 6.08 Å². The van der Waals surface area contributed by atoms with Gasteiger partial charge in [-0.2, -0.15) is 0 Å². The largest absolute Gasteiger partial charge is 0.394 e. The van der Waals surface area contributed by atoms with E-state index in [2.05, 4.69) is 31.3 Å². The van der Waals surface area contributed by atoms with E-state index in [0.29, 0.717) is 6.42 Å². The predicted octanol–water partition coefficient (Wildman–Crippen LogP) is 9.83. The predicted molar refractivity (Wildman–Crippen MR) is 346 cm³/mol. The van der Waals surface area contributed by atoms with Crippen LogP contribution in [-0.2, 0) is 33.2 Å². The number of hydrogen-bond acceptors (Lipinski definition) is 18. The number of aliphatic hydroxyl groups excluding tert-OH is 11. The first-order valence-electron chi connectivity index (χ1n) is 36.1. The highest BCUT2D eigenvalue weighted by atomic mass is 16.8. The van der Waals surface area contributed by atoms with Crippen molar-refractivity contribution in [1.82, 2.24) is 5.32 Å². The molecule has 0 radical (unpaired) electrons. The number of carbonyl (C=O) groups excluding carboxylic acids is 1. The summed E-state index contributed by atoms with van der Waals surface area (Å²) in [5.41, 5.74) is 0. The monoisotopic (exact) mass is 1270 g/mol. The van der Waals surface area contributed by atoms with Crippen LogP contribution in [-0.4, -0.2) is 193 Å². The van der Waals surface area contributed by atoms with E-state index in [9.17, 15) is 61.0 Å². The third-order valence-corrected chi connectivity index (χ3v) is 18.2. The van der Waals surface area contributed by atoms with Crippen molar-refractivity contribution in [1.29, 1.82) is 0 Å². The van der Waals surface area contributed by atoms with Crippen LogP contribution in [0.2, 0.25) is 0 Å². The number of aliphatic hydroxyl groups is 11. The van der Waals surface area contributed by atoms with Crippen LogP contribution in [0, 0.1) is 0 Å². The average Bonchev–Trinajstić information content (AvgIpc) is 2.22. The molecule has 89 heavy (non-hydrogen) atoms. The van der Waals surface area contributed by atoms with Crippen molar-refractivity contribution in [3.63, 3.8) is 0 Å². The SMILES string of the molecule is CCCCCCCC/C=C\CCCCCCCCCC(=O)NC(COC1OC(CO)C(OC2OC(CO)C(OC3OC(CO)C(O)C(O)C3O)C(O)C2O)C(O)C1O)C(O)/C=C/CCCCCCCCCCCCCCCCCCCCCCCCCCC. The van der Waals surface area contributed by atoms with Gasteiger partial charge in [0.15, 0.2) is 18.9 Å². The van der Waals surface area contributed by atoms with Crippen LogP contribution in [0.4, 0.5) is 0 Å². The number of carbonyl (C=O) groups is 1. The molecule has 0 aromatic carbocycles. The molecule has 3 aliphatic rings. The minimum Gasteiger partial charge on any atom is -0.394 e. The summed E-state index contributed by atoms with van der Waals surface area (Å²) in [5, 5.41) is 121. The topological polar surface area (TPSA) is 307 Å². The summed E-state index contributed by atoms with van der Waals surface area (Å²) in [5.74, 6) is -0.277. The standard InChI is InChI=1S/C70H131NO18/c1-3-5-7-9-11-13-15-17-19-21-22-23-24-25-26-27-28-29-30-32-33-35-37-39-41-43-45-47-54(75)53(71-58(76)48-46-44-42-40-38-36-34-31-20-18-16-14-12-10-8-6-4-2)52-84-68-64(82)61(79)66(56(50-73)86-68)89-70-65(83)62(80)67(57(51-74)87-70)88-69-63(81)60(78)59(77)55(49-72)85-69/h18,20,45,47,53-57,59-70,72-75,77-83H,3-17,19,21-44,46,48-52H2,1-2H3,(H,71,76)/b20-18-,47-45+. The first-order valence-corrected chi connectivity index (χ1v) is 36.1. The molecule has 3 rings (SSSR count). The first-order chi connectivity index (χ1) is 43.3. The Kier molecular flexibility index (Phi) is 48.1. The summed E-state index contributed by atoms with van der Waals surface area (Å²) in [6.45, 7) is 1.76. The summed E-state index contributed by atoms with van der Waals surface area (Å²) < 4.78 is 34.4. The van der Waals surface area contributed by atoms with Crippen LogP contribution < -0.4 is 5.32 Å². The number of unbranched alkanes of at least 4 members (excludes halogenated alkanes) is 38. The van der Waals surface area contributed by atoms with E-state index >= 15 is 0 Å². The van der Waals surface area contributed by atoms with Gasteiger partial charge in [-0.05, 0) is 44.9 Å². The molecule has 3 aliphatic heterocycles. The molecule has 1 amide bonds. The minimum absolute atomic E-state index is 0.240. The molecule has 0 aliphatic carbocycles. The highest BCUT2D eigenvalue weighted by Gasteiger charge is 2.53. The number of rotatable bonds is 56. The van der Waals surface area contributed by atoms with E-state index in [4.69, 9.17) is 28.4 Å². The quantitative estimate of drug-likeness (QED) is 0.0199. The number of allylic oxidation sites excluding steroid dienone is 3. The number of amides is 1. The molecular formula is C70H131NO18. The minimum atomic E-state index is -1.98. The zero-order valence-corrected chi connectivity index (χ0v) is 55.4. The number of nitrogens with one attached hydrogen (secondary N) is 1. The Morgan fingerprint density at radius 2 is 0.708 bits per heavy atom. The van der Waals surface area contributed by atoms with Gasteiger partial charge in [-0.1, -0.05) is 256 Å². The fourth-order valence-electron chi connectivity index (χ4n) is 12.4. The molecule has 19 nitrogen and oxygen atoms in total. The maximum absolute atomic E-state index is 13.4. The summed E-state index contributed by atoms with van der Waals surface area (Å²) in [7, 11) is 0. The average molecular weight is 1270 g/mol. The fourth-order valence-corrected chi connectivity index (χ4v) is 12.4. The Morgan fingerprint density at radius 1 is 0.393 bits per heavy atom. The van der Waals surface area contributed by atoms with Crippen LogP contribution in [0.3, 0.4) is 0 Å². The van der Waals surface area contributed by atoms with Gasteiger partial charge in [0.1, 0.15) is 73.2 Å². The van der Waals surface area contributed by atoms with E-state index in [0.717, 1.165) is 57.8 Å². The first kappa shape index (κ1) is 81.5. The zero-order chi connectivity index (χ0) is 64.7. The second-order valence-corrected chi connectivity index (χ2v) is 26.1. The molecule has 3 saturated heterocycles. The maximum atomic E-state index is 13.4. The van der Waals surface area contributed by atoms with E-state index in [1.165, 1.54) is 199 Å². The molecule has 0 saturated carbocycles. The van der Waals surface area contributed by atoms with E-state index in [1.54, 1.807) is 6.08 Å². The molecule has 0 aromatic rings. The van der Waals surface area contributed by atoms with Crippen LogP contribution in [0.15, 0.2) is 24.3 Å². The van der Waals surface area contributed by atoms with Crippen molar-refractivity contribution in [2.24, 2.45) is 0 Å². The molecular weight excluding hydrogens is 1140 g/mol. The van der Waals surface area contributed by atoms with Crippen LogP contribution in [0.25, 0.3) is 0 Å². The van der Waals surface area contributed by atoms with Gasteiger partial charge in [-0.3, -0.25) is 4.79 Å². The van der Waals surface area contributed by atoms with Gasteiger partial charge >= 0.3 is 0 Å². The second-order valence-electron chi connectivity index (χ2n) is 26.1. The second kappa shape index (κ2) is 52.5. The lowest BCUT2D eigenvalue weighted by atomic mass is 9.96. The van der Waals surface area contributed by atoms with Crippen molar-refractivity contribution >= 4 is 5.91 Å². The van der Waals surface area contributed by atoms with E-state index < -0.39 is 124 Å². The summed E-state index contributed by atoms with van der Waals surface area (Å²) >= 11 is 0. The van der Waals surface area contributed by atoms with Crippen molar-refractivity contribution < 1.29 is 89.4 Å². The molecule has 19 heteroatoms. The van der Waals surface area contributed by atoms with E-state index in [-0.39, 0.29) is 18.9 Å². The van der Waals surface area contributed by atoms with Gasteiger partial charge in [0.05, 0.1) is 38.6 Å². The Bertz CT molecular complexity index is 1710. The number of hydrogen-bond donors (Lipinski definition) is 12. The maximum Gasteiger partial charge on any atom is 0.220 e. The van der Waals surface area contributed by atoms with Crippen LogP contribution in [0.1, 0.15) is 284 Å². The van der Waals surface area contributed by atoms with Gasteiger partial charge in [0.2, 0.25) is 5.91 Å². The highest BCUT2D eigenvalue weighted by Crippen LogP contribution is 2.33. The molecule has 0 bridgehead atoms. The molecule has 524 valence electrons. The third-order valence-electron chi connectivity index (χ3n) is 18.2. The van der Waals surface area contributed by atoms with Gasteiger partial charge in [0.25, 0.3) is 0 Å². The number of ether oxygens (including phenoxy) is 6.